The zero-order valence-corrected chi connectivity index (χ0v) is 13.9. The predicted octanol–water partition coefficient (Wildman–Crippen LogP) is 5.01. The van der Waals surface area contributed by atoms with Crippen LogP contribution in [-0.4, -0.2) is 14.2 Å². The Hall–Kier alpha value is -0.520. The van der Waals surface area contributed by atoms with E-state index in [4.69, 9.17) is 9.47 Å². The van der Waals surface area contributed by atoms with Crippen LogP contribution in [0, 0.1) is 0 Å². The molecular weight excluding hydrogens is 380 g/mol. The number of alkyl halides is 1. The second-order valence-corrected chi connectivity index (χ2v) is 6.99. The van der Waals surface area contributed by atoms with Crippen LogP contribution in [0.5, 0.6) is 11.5 Å². The molecule has 96 valence electrons. The lowest BCUT2D eigenvalue weighted by Crippen LogP contribution is -1.99. The molecule has 0 amide bonds. The van der Waals surface area contributed by atoms with Crippen LogP contribution in [0.1, 0.15) is 15.3 Å². The largest absolute Gasteiger partial charge is 0.496 e. The van der Waals surface area contributed by atoms with Gasteiger partial charge >= 0.3 is 0 Å². The molecule has 0 aliphatic carbocycles. The topological polar surface area (TPSA) is 18.5 Å². The maximum atomic E-state index is 5.42. The molecule has 18 heavy (non-hydrogen) atoms. The third-order valence-electron chi connectivity index (χ3n) is 2.56. The van der Waals surface area contributed by atoms with Gasteiger partial charge in [0.1, 0.15) is 11.5 Å². The number of thiophene rings is 1. The molecule has 0 saturated carbocycles. The lowest BCUT2D eigenvalue weighted by atomic mass is 10.1. The highest BCUT2D eigenvalue weighted by atomic mass is 79.9. The fraction of sp³-hybridized carbons (Fsp3) is 0.231. The van der Waals surface area contributed by atoms with Gasteiger partial charge in [-0.1, -0.05) is 22.0 Å². The van der Waals surface area contributed by atoms with E-state index in [1.807, 2.05) is 24.3 Å². The molecule has 0 aliphatic heterocycles. The molecular formula is C13H12Br2O2S. The van der Waals surface area contributed by atoms with Crippen LogP contribution in [0.3, 0.4) is 0 Å². The van der Waals surface area contributed by atoms with Gasteiger partial charge in [0.15, 0.2) is 0 Å². The first-order valence-electron chi connectivity index (χ1n) is 5.27. The number of halogens is 2. The molecule has 2 aromatic rings. The van der Waals surface area contributed by atoms with E-state index < -0.39 is 0 Å². The highest BCUT2D eigenvalue weighted by Crippen LogP contribution is 2.44. The van der Waals surface area contributed by atoms with Crippen LogP contribution in [-0.2, 0) is 0 Å². The first kappa shape index (κ1) is 13.9. The molecule has 1 aromatic heterocycles. The van der Waals surface area contributed by atoms with Gasteiger partial charge in [0.25, 0.3) is 0 Å². The van der Waals surface area contributed by atoms with E-state index in [0.717, 1.165) is 20.8 Å². The van der Waals surface area contributed by atoms with Gasteiger partial charge in [0.2, 0.25) is 0 Å². The van der Waals surface area contributed by atoms with Crippen molar-refractivity contribution in [1.82, 2.24) is 0 Å². The summed E-state index contributed by atoms with van der Waals surface area (Å²) in [6.45, 7) is 0. The lowest BCUT2D eigenvalue weighted by Gasteiger charge is -2.16. The molecule has 0 bridgehead atoms. The van der Waals surface area contributed by atoms with Crippen molar-refractivity contribution in [1.29, 1.82) is 0 Å². The van der Waals surface area contributed by atoms with Crippen LogP contribution in [0.25, 0.3) is 0 Å². The molecule has 0 saturated heterocycles. The van der Waals surface area contributed by atoms with E-state index in [9.17, 15) is 0 Å². The summed E-state index contributed by atoms with van der Waals surface area (Å²) < 4.78 is 11.9. The fourth-order valence-electron chi connectivity index (χ4n) is 1.74. The molecule has 1 aromatic carbocycles. The number of benzene rings is 1. The summed E-state index contributed by atoms with van der Waals surface area (Å²) >= 11 is 8.89. The Morgan fingerprint density at radius 2 is 1.67 bits per heavy atom. The average Bonchev–Trinajstić information content (AvgIpc) is 2.83. The van der Waals surface area contributed by atoms with Crippen molar-refractivity contribution >= 4 is 43.2 Å². The molecule has 0 N–H and O–H groups in total. The monoisotopic (exact) mass is 390 g/mol. The number of rotatable bonds is 4. The van der Waals surface area contributed by atoms with Crippen molar-refractivity contribution in [2.45, 2.75) is 4.83 Å². The molecule has 2 rings (SSSR count). The molecule has 2 nitrogen and oxygen atoms in total. The Labute approximate surface area is 127 Å². The van der Waals surface area contributed by atoms with Gasteiger partial charge in [-0.05, 0) is 40.2 Å². The highest BCUT2D eigenvalue weighted by Gasteiger charge is 2.21. The molecule has 5 heteroatoms. The molecule has 0 spiro atoms. The summed E-state index contributed by atoms with van der Waals surface area (Å²) in [4.78, 5) is 1.25. The Morgan fingerprint density at radius 1 is 1.06 bits per heavy atom. The summed E-state index contributed by atoms with van der Waals surface area (Å²) in [5.74, 6) is 1.64. The van der Waals surface area contributed by atoms with Crippen molar-refractivity contribution in [3.05, 3.63) is 44.6 Å². The summed E-state index contributed by atoms with van der Waals surface area (Å²) in [5.41, 5.74) is 1.01. The first-order valence-corrected chi connectivity index (χ1v) is 7.80. The SMILES string of the molecule is COc1cccc(OC)c1C(Br)c1ccc(Br)s1. The van der Waals surface area contributed by atoms with E-state index in [-0.39, 0.29) is 4.83 Å². The van der Waals surface area contributed by atoms with Crippen LogP contribution >= 0.6 is 43.2 Å². The standard InChI is InChI=1S/C13H12Br2O2S/c1-16-8-4-3-5-9(17-2)12(8)13(15)10-6-7-11(14)18-10/h3-7,13H,1-2H3. The van der Waals surface area contributed by atoms with Crippen molar-refractivity contribution in [2.24, 2.45) is 0 Å². The van der Waals surface area contributed by atoms with Gasteiger partial charge in [-0.15, -0.1) is 11.3 Å². The van der Waals surface area contributed by atoms with Crippen LogP contribution < -0.4 is 9.47 Å². The summed E-state index contributed by atoms with van der Waals surface area (Å²) in [6.07, 6.45) is 0. The van der Waals surface area contributed by atoms with Crippen LogP contribution in [0.4, 0.5) is 0 Å². The molecule has 1 atom stereocenters. The minimum Gasteiger partial charge on any atom is -0.496 e. The zero-order chi connectivity index (χ0) is 13.1. The molecule has 0 aliphatic rings. The van der Waals surface area contributed by atoms with Gasteiger partial charge in [0, 0.05) is 4.88 Å². The number of methoxy groups -OCH3 is 2. The quantitative estimate of drug-likeness (QED) is 0.681. The van der Waals surface area contributed by atoms with Crippen molar-refractivity contribution in [3.63, 3.8) is 0 Å². The van der Waals surface area contributed by atoms with Crippen molar-refractivity contribution in [3.8, 4) is 11.5 Å². The van der Waals surface area contributed by atoms with Crippen molar-refractivity contribution < 1.29 is 9.47 Å². The minimum atomic E-state index is 0.0555. The maximum absolute atomic E-state index is 5.42. The minimum absolute atomic E-state index is 0.0555. The average molecular weight is 392 g/mol. The predicted molar refractivity (Wildman–Crippen MR) is 82.3 cm³/mol. The lowest BCUT2D eigenvalue weighted by molar-refractivity contribution is 0.387. The molecule has 0 radical (unpaired) electrons. The molecule has 0 fully saturated rings. The third-order valence-corrected chi connectivity index (χ3v) is 5.51. The Balaban J connectivity index is 2.48. The summed E-state index contributed by atoms with van der Waals surface area (Å²) in [6, 6.07) is 9.92. The van der Waals surface area contributed by atoms with Gasteiger partial charge in [0.05, 0.1) is 28.4 Å². The number of hydrogen-bond donors (Lipinski definition) is 0. The van der Waals surface area contributed by atoms with Gasteiger partial charge in [-0.2, -0.15) is 0 Å². The molecule has 1 heterocycles. The second-order valence-electron chi connectivity index (χ2n) is 3.58. The first-order chi connectivity index (χ1) is 8.67. The summed E-state index contributed by atoms with van der Waals surface area (Å²) in [7, 11) is 3.34. The van der Waals surface area contributed by atoms with Crippen LogP contribution in [0.15, 0.2) is 34.1 Å². The van der Waals surface area contributed by atoms with E-state index in [2.05, 4.69) is 37.9 Å². The summed E-state index contributed by atoms with van der Waals surface area (Å²) in [5, 5.41) is 0. The smallest absolute Gasteiger partial charge is 0.127 e. The fourth-order valence-corrected chi connectivity index (χ4v) is 4.03. The molecule has 1 unspecified atom stereocenters. The zero-order valence-electron chi connectivity index (χ0n) is 9.94. The third kappa shape index (κ3) is 2.73. The van der Waals surface area contributed by atoms with E-state index in [0.29, 0.717) is 0 Å². The van der Waals surface area contributed by atoms with E-state index in [1.165, 1.54) is 4.88 Å². The maximum Gasteiger partial charge on any atom is 0.127 e. The number of hydrogen-bond acceptors (Lipinski definition) is 3. The highest BCUT2D eigenvalue weighted by molar-refractivity contribution is 9.11. The van der Waals surface area contributed by atoms with Gasteiger partial charge in [-0.3, -0.25) is 0 Å². The Morgan fingerprint density at radius 3 is 2.11 bits per heavy atom. The normalized spacial score (nSPS) is 12.2. The Bertz CT molecular complexity index is 517. The van der Waals surface area contributed by atoms with Crippen molar-refractivity contribution in [2.75, 3.05) is 14.2 Å². The van der Waals surface area contributed by atoms with E-state index in [1.54, 1.807) is 25.6 Å². The second kappa shape index (κ2) is 6.08. The van der Waals surface area contributed by atoms with Gasteiger partial charge in [-0.25, -0.2) is 0 Å². The van der Waals surface area contributed by atoms with Crippen LogP contribution in [0.2, 0.25) is 0 Å². The Kier molecular flexibility index (Phi) is 4.70. The number of ether oxygens (including phenoxy) is 2. The van der Waals surface area contributed by atoms with Gasteiger partial charge < -0.3 is 9.47 Å². The van der Waals surface area contributed by atoms with E-state index >= 15 is 0 Å².